The zero-order valence-electron chi connectivity index (χ0n) is 11.8. The Kier molecular flexibility index (Phi) is 6.01. The van der Waals surface area contributed by atoms with Gasteiger partial charge in [0.1, 0.15) is 5.60 Å². The van der Waals surface area contributed by atoms with Crippen LogP contribution in [0.1, 0.15) is 46.5 Å². The van der Waals surface area contributed by atoms with Crippen LogP contribution < -0.4 is 0 Å². The highest BCUT2D eigenvalue weighted by atomic mass is 16.6. The first-order valence-corrected chi connectivity index (χ1v) is 6.12. The molecule has 0 aliphatic rings. The van der Waals surface area contributed by atoms with Crippen molar-refractivity contribution in [2.75, 3.05) is 27.7 Å². The zero-order chi connectivity index (χ0) is 12.8. The van der Waals surface area contributed by atoms with Crippen molar-refractivity contribution in [3.63, 3.8) is 0 Å². The summed E-state index contributed by atoms with van der Waals surface area (Å²) < 4.78 is 6.23. The van der Waals surface area contributed by atoms with Crippen LogP contribution >= 0.6 is 0 Å². The van der Waals surface area contributed by atoms with Crippen LogP contribution in [0.4, 0.5) is 0 Å². The number of hydrogen-bond donors (Lipinski definition) is 0. The zero-order valence-corrected chi connectivity index (χ0v) is 11.8. The van der Waals surface area contributed by atoms with Gasteiger partial charge in [0.2, 0.25) is 0 Å². The molecule has 96 valence electrons. The first-order valence-electron chi connectivity index (χ1n) is 6.12. The van der Waals surface area contributed by atoms with E-state index < -0.39 is 0 Å². The van der Waals surface area contributed by atoms with Crippen LogP contribution in [-0.2, 0) is 9.53 Å². The Bertz CT molecular complexity index is 211. The highest BCUT2D eigenvalue weighted by Crippen LogP contribution is 2.10. The van der Waals surface area contributed by atoms with Crippen molar-refractivity contribution < 1.29 is 14.0 Å². The molecule has 0 bridgehead atoms. The fourth-order valence-corrected chi connectivity index (χ4v) is 1.42. The predicted molar refractivity (Wildman–Crippen MR) is 67.2 cm³/mol. The predicted octanol–water partition coefficient (Wildman–Crippen LogP) is 2.59. The average molecular weight is 230 g/mol. The summed E-state index contributed by atoms with van der Waals surface area (Å²) in [4.78, 5) is 11.4. The van der Waals surface area contributed by atoms with Crippen LogP contribution in [0.3, 0.4) is 0 Å². The second-order valence-corrected chi connectivity index (χ2v) is 6.41. The lowest BCUT2D eigenvalue weighted by Gasteiger charge is -2.23. The van der Waals surface area contributed by atoms with E-state index in [9.17, 15) is 4.79 Å². The fourth-order valence-electron chi connectivity index (χ4n) is 1.42. The largest absolute Gasteiger partial charge is 0.460 e. The third-order valence-electron chi connectivity index (χ3n) is 2.13. The van der Waals surface area contributed by atoms with Crippen molar-refractivity contribution in [2.24, 2.45) is 0 Å². The van der Waals surface area contributed by atoms with Crippen LogP contribution in [0.2, 0.25) is 0 Å². The van der Waals surface area contributed by atoms with Gasteiger partial charge in [0, 0.05) is 6.42 Å². The summed E-state index contributed by atoms with van der Waals surface area (Å²) in [7, 11) is 6.57. The minimum absolute atomic E-state index is 0.0715. The number of quaternary nitrogens is 1. The van der Waals surface area contributed by atoms with Crippen LogP contribution in [0.15, 0.2) is 0 Å². The summed E-state index contributed by atoms with van der Waals surface area (Å²) in [6, 6.07) is 0. The Morgan fingerprint density at radius 3 is 2.06 bits per heavy atom. The number of nitrogens with zero attached hydrogens (tertiary/aromatic N) is 1. The number of carbonyl (C=O) groups is 1. The number of unbranched alkanes of at least 4 members (excludes halogenated alkanes) is 2. The molecule has 0 saturated heterocycles. The molecule has 0 atom stereocenters. The van der Waals surface area contributed by atoms with Gasteiger partial charge in [0.15, 0.2) is 0 Å². The lowest BCUT2D eigenvalue weighted by atomic mass is 10.1. The molecule has 16 heavy (non-hydrogen) atoms. The average Bonchev–Trinajstić information content (AvgIpc) is 1.97. The van der Waals surface area contributed by atoms with Gasteiger partial charge in [-0.3, -0.25) is 4.79 Å². The molecule has 0 unspecified atom stereocenters. The fraction of sp³-hybridized carbons (Fsp3) is 0.923. The Labute approximate surface area is 100 Å². The van der Waals surface area contributed by atoms with E-state index in [0.717, 1.165) is 23.9 Å². The topological polar surface area (TPSA) is 26.3 Å². The molecule has 0 rings (SSSR count). The maximum atomic E-state index is 11.4. The van der Waals surface area contributed by atoms with E-state index >= 15 is 0 Å². The van der Waals surface area contributed by atoms with Gasteiger partial charge in [-0.05, 0) is 40.0 Å². The smallest absolute Gasteiger partial charge is 0.306 e. The van der Waals surface area contributed by atoms with Gasteiger partial charge in [-0.15, -0.1) is 0 Å². The number of carbonyl (C=O) groups excluding carboxylic acids is 1. The molecule has 0 radical (unpaired) electrons. The summed E-state index contributed by atoms with van der Waals surface area (Å²) >= 11 is 0. The van der Waals surface area contributed by atoms with Crippen molar-refractivity contribution in [3.8, 4) is 0 Å². The summed E-state index contributed by atoms with van der Waals surface area (Å²) in [6.07, 6.45) is 3.77. The summed E-state index contributed by atoms with van der Waals surface area (Å²) in [6.45, 7) is 6.88. The first-order chi connectivity index (χ1) is 7.10. The SMILES string of the molecule is CC(C)(C)OC(=O)CCCCC[N+](C)(C)C. The molecular formula is C13H28NO2+. The lowest BCUT2D eigenvalue weighted by Crippen LogP contribution is -2.35. The number of rotatable bonds is 6. The molecule has 0 aromatic rings. The summed E-state index contributed by atoms with van der Waals surface area (Å²) in [5.41, 5.74) is -0.348. The van der Waals surface area contributed by atoms with Gasteiger partial charge in [-0.25, -0.2) is 0 Å². The molecule has 0 aromatic heterocycles. The summed E-state index contributed by atoms with van der Waals surface area (Å²) in [5, 5.41) is 0. The van der Waals surface area contributed by atoms with Gasteiger partial charge >= 0.3 is 5.97 Å². The van der Waals surface area contributed by atoms with E-state index in [2.05, 4.69) is 21.1 Å². The second kappa shape index (κ2) is 6.24. The number of hydrogen-bond acceptors (Lipinski definition) is 2. The molecule has 0 saturated carbocycles. The first kappa shape index (κ1) is 15.4. The molecule has 0 amide bonds. The van der Waals surface area contributed by atoms with Crippen LogP contribution in [0, 0.1) is 0 Å². The molecule has 0 spiro atoms. The van der Waals surface area contributed by atoms with E-state index in [4.69, 9.17) is 4.74 Å². The maximum Gasteiger partial charge on any atom is 0.306 e. The van der Waals surface area contributed by atoms with E-state index in [-0.39, 0.29) is 11.6 Å². The lowest BCUT2D eigenvalue weighted by molar-refractivity contribution is -0.870. The second-order valence-electron chi connectivity index (χ2n) is 6.41. The van der Waals surface area contributed by atoms with Crippen molar-refractivity contribution >= 4 is 5.97 Å². The quantitative estimate of drug-likeness (QED) is 0.398. The Morgan fingerprint density at radius 2 is 1.62 bits per heavy atom. The Hall–Kier alpha value is -0.570. The van der Waals surface area contributed by atoms with Crippen molar-refractivity contribution in [2.45, 2.75) is 52.1 Å². The highest BCUT2D eigenvalue weighted by molar-refractivity contribution is 5.69. The molecule has 0 heterocycles. The van der Waals surface area contributed by atoms with Gasteiger partial charge < -0.3 is 9.22 Å². The van der Waals surface area contributed by atoms with E-state index in [0.29, 0.717) is 6.42 Å². The van der Waals surface area contributed by atoms with Gasteiger partial charge in [0.25, 0.3) is 0 Å². The standard InChI is InChI=1S/C13H28NO2/c1-13(2,3)16-12(15)10-8-7-9-11-14(4,5)6/h7-11H2,1-6H3/q+1. The van der Waals surface area contributed by atoms with E-state index in [1.165, 1.54) is 6.42 Å². The van der Waals surface area contributed by atoms with Crippen LogP contribution in [0.5, 0.6) is 0 Å². The molecule has 0 fully saturated rings. The van der Waals surface area contributed by atoms with E-state index in [1.807, 2.05) is 20.8 Å². The maximum absolute atomic E-state index is 11.4. The normalized spacial score (nSPS) is 12.6. The van der Waals surface area contributed by atoms with Crippen LogP contribution in [-0.4, -0.2) is 43.7 Å². The molecule has 0 aromatic carbocycles. The van der Waals surface area contributed by atoms with E-state index in [1.54, 1.807) is 0 Å². The monoisotopic (exact) mass is 230 g/mol. The van der Waals surface area contributed by atoms with Gasteiger partial charge in [-0.1, -0.05) is 0 Å². The third kappa shape index (κ3) is 11.5. The number of ether oxygens (including phenoxy) is 1. The minimum atomic E-state index is -0.348. The molecule has 0 aliphatic heterocycles. The van der Waals surface area contributed by atoms with Crippen molar-refractivity contribution in [1.82, 2.24) is 0 Å². The Morgan fingerprint density at radius 1 is 1.06 bits per heavy atom. The van der Waals surface area contributed by atoms with Gasteiger partial charge in [-0.2, -0.15) is 0 Å². The van der Waals surface area contributed by atoms with Gasteiger partial charge in [0.05, 0.1) is 27.7 Å². The molecule has 3 heteroatoms. The molecule has 0 N–H and O–H groups in total. The van der Waals surface area contributed by atoms with Crippen molar-refractivity contribution in [1.29, 1.82) is 0 Å². The Balaban J connectivity index is 3.50. The molecule has 3 nitrogen and oxygen atoms in total. The minimum Gasteiger partial charge on any atom is -0.460 e. The number of esters is 1. The molecule has 0 aliphatic carbocycles. The molecular weight excluding hydrogens is 202 g/mol. The highest BCUT2D eigenvalue weighted by Gasteiger charge is 2.15. The van der Waals surface area contributed by atoms with Crippen molar-refractivity contribution in [3.05, 3.63) is 0 Å². The van der Waals surface area contributed by atoms with Crippen LogP contribution in [0.25, 0.3) is 0 Å². The summed E-state index contributed by atoms with van der Waals surface area (Å²) in [5.74, 6) is -0.0715. The third-order valence-corrected chi connectivity index (χ3v) is 2.13.